The standard InChI is InChI=1S/C23H21NO4/c1-14(2)15-7-9-16(10-8-15)24-17-11-12-20(21(25)13-17)22(26)18-5-3-4-6-19(18)23(27)28/h3-14,24-25H,1-2H3,(H,27,28). The van der Waals surface area contributed by atoms with Crippen LogP contribution in [-0.4, -0.2) is 22.0 Å². The van der Waals surface area contributed by atoms with Crippen LogP contribution in [0.1, 0.15) is 51.6 Å². The second kappa shape index (κ2) is 7.96. The van der Waals surface area contributed by atoms with Crippen molar-refractivity contribution in [2.24, 2.45) is 0 Å². The summed E-state index contributed by atoms with van der Waals surface area (Å²) in [6.07, 6.45) is 0. The molecule has 0 fully saturated rings. The van der Waals surface area contributed by atoms with Crippen LogP contribution in [-0.2, 0) is 0 Å². The zero-order valence-corrected chi connectivity index (χ0v) is 15.6. The summed E-state index contributed by atoms with van der Waals surface area (Å²) in [5.74, 6) is -1.50. The molecule has 3 N–H and O–H groups in total. The molecule has 0 amide bonds. The minimum Gasteiger partial charge on any atom is -0.507 e. The third-order valence-corrected chi connectivity index (χ3v) is 4.51. The van der Waals surface area contributed by atoms with Gasteiger partial charge in [0.05, 0.1) is 11.1 Å². The van der Waals surface area contributed by atoms with Crippen molar-refractivity contribution in [2.45, 2.75) is 19.8 Å². The molecule has 142 valence electrons. The Morgan fingerprint density at radius 2 is 1.43 bits per heavy atom. The molecule has 0 saturated heterocycles. The van der Waals surface area contributed by atoms with Crippen LogP contribution < -0.4 is 5.32 Å². The van der Waals surface area contributed by atoms with E-state index in [9.17, 15) is 19.8 Å². The molecule has 0 atom stereocenters. The molecular formula is C23H21NO4. The number of rotatable bonds is 6. The van der Waals surface area contributed by atoms with Crippen molar-refractivity contribution >= 4 is 23.1 Å². The third-order valence-electron chi connectivity index (χ3n) is 4.51. The number of hydrogen-bond donors (Lipinski definition) is 3. The minimum atomic E-state index is -1.19. The van der Waals surface area contributed by atoms with Gasteiger partial charge in [0.25, 0.3) is 0 Å². The number of ketones is 1. The Morgan fingerprint density at radius 3 is 2.00 bits per heavy atom. The lowest BCUT2D eigenvalue weighted by Crippen LogP contribution is -2.09. The Balaban J connectivity index is 1.84. The first-order chi connectivity index (χ1) is 13.4. The van der Waals surface area contributed by atoms with Gasteiger partial charge in [-0.25, -0.2) is 4.79 Å². The number of aromatic carboxylic acids is 1. The van der Waals surface area contributed by atoms with Crippen LogP contribution in [0.5, 0.6) is 5.75 Å². The molecule has 0 spiro atoms. The Kier molecular flexibility index (Phi) is 5.45. The molecule has 28 heavy (non-hydrogen) atoms. The van der Waals surface area contributed by atoms with Crippen molar-refractivity contribution in [1.29, 1.82) is 0 Å². The lowest BCUT2D eigenvalue weighted by molar-refractivity contribution is 0.0692. The van der Waals surface area contributed by atoms with E-state index in [1.54, 1.807) is 18.2 Å². The van der Waals surface area contributed by atoms with Gasteiger partial charge >= 0.3 is 5.97 Å². The smallest absolute Gasteiger partial charge is 0.336 e. The van der Waals surface area contributed by atoms with Crippen molar-refractivity contribution in [1.82, 2.24) is 0 Å². The van der Waals surface area contributed by atoms with Gasteiger partial charge in [-0.2, -0.15) is 0 Å². The number of aromatic hydroxyl groups is 1. The summed E-state index contributed by atoms with van der Waals surface area (Å²) in [6, 6.07) is 18.5. The summed E-state index contributed by atoms with van der Waals surface area (Å²) in [6.45, 7) is 4.25. The predicted molar refractivity (Wildman–Crippen MR) is 109 cm³/mol. The predicted octanol–water partition coefficient (Wildman–Crippen LogP) is 5.19. The molecule has 0 aliphatic heterocycles. The van der Waals surface area contributed by atoms with E-state index in [0.29, 0.717) is 11.6 Å². The molecule has 3 aromatic carbocycles. The number of carboxylic acid groups (broad SMARTS) is 1. The number of carbonyl (C=O) groups is 2. The summed E-state index contributed by atoms with van der Waals surface area (Å²) in [4.78, 5) is 24.1. The van der Waals surface area contributed by atoms with Gasteiger partial charge < -0.3 is 15.5 Å². The largest absolute Gasteiger partial charge is 0.507 e. The van der Waals surface area contributed by atoms with E-state index in [1.165, 1.54) is 29.8 Å². The van der Waals surface area contributed by atoms with Gasteiger partial charge in [0.1, 0.15) is 5.75 Å². The van der Waals surface area contributed by atoms with Crippen molar-refractivity contribution in [3.63, 3.8) is 0 Å². The van der Waals surface area contributed by atoms with Crippen LogP contribution in [0.15, 0.2) is 66.7 Å². The van der Waals surface area contributed by atoms with E-state index in [4.69, 9.17) is 0 Å². The number of phenolic OH excluding ortho intramolecular Hbond substituents is 1. The van der Waals surface area contributed by atoms with Gasteiger partial charge in [0.15, 0.2) is 5.78 Å². The molecular weight excluding hydrogens is 354 g/mol. The maximum atomic E-state index is 12.7. The van der Waals surface area contributed by atoms with Crippen LogP contribution in [0.2, 0.25) is 0 Å². The monoisotopic (exact) mass is 375 g/mol. The maximum absolute atomic E-state index is 12.7. The first kappa shape index (κ1) is 19.2. The first-order valence-corrected chi connectivity index (χ1v) is 8.94. The third kappa shape index (κ3) is 4.04. The topological polar surface area (TPSA) is 86.6 Å². The van der Waals surface area contributed by atoms with E-state index in [1.807, 2.05) is 24.3 Å². The molecule has 0 aliphatic carbocycles. The Morgan fingerprint density at radius 1 is 0.821 bits per heavy atom. The molecule has 3 rings (SSSR count). The lowest BCUT2D eigenvalue weighted by Gasteiger charge is -2.11. The Labute approximate surface area is 163 Å². The molecule has 0 radical (unpaired) electrons. The van der Waals surface area contributed by atoms with Crippen molar-refractivity contribution in [2.75, 3.05) is 5.32 Å². The van der Waals surface area contributed by atoms with Gasteiger partial charge in [0, 0.05) is 23.0 Å². The highest BCUT2D eigenvalue weighted by atomic mass is 16.4. The van der Waals surface area contributed by atoms with E-state index < -0.39 is 11.8 Å². The van der Waals surface area contributed by atoms with Gasteiger partial charge in [-0.15, -0.1) is 0 Å². The fourth-order valence-corrected chi connectivity index (χ4v) is 2.93. The number of carboxylic acids is 1. The zero-order chi connectivity index (χ0) is 20.3. The van der Waals surface area contributed by atoms with Gasteiger partial charge in [0.2, 0.25) is 0 Å². The summed E-state index contributed by atoms with van der Waals surface area (Å²) in [7, 11) is 0. The molecule has 0 aliphatic rings. The zero-order valence-electron chi connectivity index (χ0n) is 15.6. The molecule has 0 aromatic heterocycles. The second-order valence-corrected chi connectivity index (χ2v) is 6.81. The van der Waals surface area contributed by atoms with Gasteiger partial charge in [-0.3, -0.25) is 4.79 Å². The van der Waals surface area contributed by atoms with Crippen LogP contribution in [0, 0.1) is 0 Å². The molecule has 5 heteroatoms. The first-order valence-electron chi connectivity index (χ1n) is 8.94. The number of carbonyl (C=O) groups excluding carboxylic acids is 1. The van der Waals surface area contributed by atoms with Crippen molar-refractivity contribution < 1.29 is 19.8 Å². The van der Waals surface area contributed by atoms with Crippen molar-refractivity contribution in [3.05, 3.63) is 89.0 Å². The summed E-state index contributed by atoms with van der Waals surface area (Å²) in [5, 5.41) is 22.8. The van der Waals surface area contributed by atoms with Crippen LogP contribution in [0.4, 0.5) is 11.4 Å². The van der Waals surface area contributed by atoms with Crippen molar-refractivity contribution in [3.8, 4) is 5.75 Å². The van der Waals surface area contributed by atoms with Gasteiger partial charge in [-0.1, -0.05) is 44.2 Å². The number of benzene rings is 3. The molecule has 5 nitrogen and oxygen atoms in total. The second-order valence-electron chi connectivity index (χ2n) is 6.81. The molecule has 0 heterocycles. The highest BCUT2D eigenvalue weighted by Crippen LogP contribution is 2.28. The Hall–Kier alpha value is -3.60. The number of hydrogen-bond acceptors (Lipinski definition) is 4. The quantitative estimate of drug-likeness (QED) is 0.516. The fourth-order valence-electron chi connectivity index (χ4n) is 2.93. The number of anilines is 2. The maximum Gasteiger partial charge on any atom is 0.336 e. The van der Waals surface area contributed by atoms with E-state index in [2.05, 4.69) is 19.2 Å². The van der Waals surface area contributed by atoms with Crippen LogP contribution in [0.3, 0.4) is 0 Å². The molecule has 0 unspecified atom stereocenters. The summed E-state index contributed by atoms with van der Waals surface area (Å²) < 4.78 is 0. The van der Waals surface area contributed by atoms with E-state index in [-0.39, 0.29) is 22.4 Å². The normalized spacial score (nSPS) is 10.7. The fraction of sp³-hybridized carbons (Fsp3) is 0.130. The number of nitrogens with one attached hydrogen (secondary N) is 1. The minimum absolute atomic E-state index is 0.0373. The lowest BCUT2D eigenvalue weighted by atomic mass is 9.97. The molecule has 0 bridgehead atoms. The summed E-state index contributed by atoms with van der Waals surface area (Å²) in [5.41, 5.74) is 2.70. The molecule has 0 saturated carbocycles. The average molecular weight is 375 g/mol. The molecule has 3 aromatic rings. The average Bonchev–Trinajstić information content (AvgIpc) is 2.68. The van der Waals surface area contributed by atoms with E-state index in [0.717, 1.165) is 5.69 Å². The summed E-state index contributed by atoms with van der Waals surface area (Å²) >= 11 is 0. The van der Waals surface area contributed by atoms with Crippen LogP contribution in [0.25, 0.3) is 0 Å². The number of phenols is 1. The van der Waals surface area contributed by atoms with Crippen LogP contribution >= 0.6 is 0 Å². The Bertz CT molecular complexity index is 1020. The SMILES string of the molecule is CC(C)c1ccc(Nc2ccc(C(=O)c3ccccc3C(=O)O)c(O)c2)cc1. The highest BCUT2D eigenvalue weighted by Gasteiger charge is 2.20. The highest BCUT2D eigenvalue weighted by molar-refractivity contribution is 6.15. The van der Waals surface area contributed by atoms with E-state index >= 15 is 0 Å². The van der Waals surface area contributed by atoms with Gasteiger partial charge in [-0.05, 0) is 41.8 Å².